The minimum Gasteiger partial charge on any atom is -0.479 e. The summed E-state index contributed by atoms with van der Waals surface area (Å²) in [5, 5.41) is 153. The van der Waals surface area contributed by atoms with E-state index in [0.29, 0.717) is 38.5 Å². The number of fused-ring (bicyclic) bond motifs is 7. The van der Waals surface area contributed by atoms with Crippen molar-refractivity contribution in [2.75, 3.05) is 19.8 Å². The average molecular weight is 991 g/mol. The molecule has 21 nitrogen and oxygen atoms in total. The van der Waals surface area contributed by atoms with Crippen molar-refractivity contribution in [2.45, 2.75) is 210 Å². The molecular weight excluding hydrogens is 913 g/mol. The lowest BCUT2D eigenvalue weighted by Gasteiger charge is -2.72. The standard InChI is InChI=1S/C48H78O21/c1-19-27(53)29(55)33(59)40(64-19)69-38-37(61)48(18-51)21(14-43(38,2)3)20-8-9-24-44(4)12-11-26(45(5,17-50)23(44)10-13-46(24,6)47(20,7)15-25(48)52)66-42-36(32(58)31(57)35(67-42)39(62)63)68-41-34(60)30(56)28(54)22(16-49)65-41/h8,19,21-38,40-42,49-61H,9-18H2,1-7H3,(H,62,63)/t19-,21+,22-,23-,24-,25-,26+,27+,28-,29+,30+,31+,32+,33-,34-,35+,36-,37+,38+,40+,41+,42-,44+,45-,46-,47-,48+/m1/s1. The van der Waals surface area contributed by atoms with Crippen molar-refractivity contribution < 1.29 is 105 Å². The van der Waals surface area contributed by atoms with E-state index in [4.69, 9.17) is 28.4 Å². The first-order chi connectivity index (χ1) is 32.1. The third kappa shape index (κ3) is 7.94. The van der Waals surface area contributed by atoms with Crippen LogP contribution >= 0.6 is 0 Å². The van der Waals surface area contributed by atoms with E-state index >= 15 is 0 Å². The van der Waals surface area contributed by atoms with E-state index in [-0.39, 0.29) is 24.9 Å². The fourth-order valence-electron chi connectivity index (χ4n) is 15.4. The van der Waals surface area contributed by atoms with E-state index in [1.807, 2.05) is 20.8 Å². The van der Waals surface area contributed by atoms with E-state index in [1.165, 1.54) is 6.92 Å². The molecule has 27 atom stereocenters. The van der Waals surface area contributed by atoms with Crippen molar-refractivity contribution in [1.29, 1.82) is 0 Å². The van der Waals surface area contributed by atoms with Crippen molar-refractivity contribution in [3.63, 3.8) is 0 Å². The molecule has 14 N–H and O–H groups in total. The van der Waals surface area contributed by atoms with E-state index in [2.05, 4.69) is 26.8 Å². The topological polar surface area (TPSA) is 356 Å². The van der Waals surface area contributed by atoms with Crippen molar-refractivity contribution in [3.05, 3.63) is 11.6 Å². The molecule has 0 radical (unpaired) electrons. The quantitative estimate of drug-likeness (QED) is 0.0803. The second kappa shape index (κ2) is 18.7. The summed E-state index contributed by atoms with van der Waals surface area (Å²) in [5.41, 5.74) is -3.87. The lowest BCUT2D eigenvalue weighted by atomic mass is 9.33. The number of rotatable bonds is 10. The van der Waals surface area contributed by atoms with Crippen molar-refractivity contribution in [2.24, 2.45) is 50.2 Å². The summed E-state index contributed by atoms with van der Waals surface area (Å²) < 4.78 is 35.9. The molecule has 5 aliphatic carbocycles. The highest BCUT2D eigenvalue weighted by molar-refractivity contribution is 5.73. The molecule has 21 heteroatoms. The summed E-state index contributed by atoms with van der Waals surface area (Å²) in [6.45, 7) is 12.1. The number of aliphatic carboxylic acids is 1. The Kier molecular flexibility index (Phi) is 14.5. The molecular formula is C48H78O21. The third-order valence-corrected chi connectivity index (χ3v) is 19.8. The van der Waals surface area contributed by atoms with Crippen LogP contribution < -0.4 is 0 Å². The molecule has 3 aliphatic heterocycles. The van der Waals surface area contributed by atoms with Crippen LogP contribution in [0.25, 0.3) is 0 Å². The average Bonchev–Trinajstić information content (AvgIpc) is 3.29. The number of ether oxygens (including phenoxy) is 6. The Morgan fingerprint density at radius 3 is 1.93 bits per heavy atom. The molecule has 8 aliphatic rings. The van der Waals surface area contributed by atoms with Gasteiger partial charge in [-0.25, -0.2) is 4.79 Å². The SMILES string of the molecule is C[C@H]1O[C@@H](O[C@H]2[C@H](O)[C@]3(CO)[C@H](O)C[C@]4(C)C(=CC[C@@H]5[C@@]6(C)CC[C@H](O[C@@H]7O[C@H](C(=O)O)[C@@H](O)[C@H](O)[C@H]7O[C@@H]7O[C@H](CO)[C@@H](O)[C@H](O)[C@H]7O)[C@](C)(CO)[C@@H]6CC[C@]54C)[C@@H]3CC2(C)C)[C@H](O)[C@@H](O)[C@H]1O. The van der Waals surface area contributed by atoms with Crippen molar-refractivity contribution in [3.8, 4) is 0 Å². The molecule has 0 amide bonds. The zero-order valence-electron chi connectivity index (χ0n) is 40.5. The second-order valence-electron chi connectivity index (χ2n) is 23.6. The molecule has 4 saturated carbocycles. The monoisotopic (exact) mass is 991 g/mol. The highest BCUT2D eigenvalue weighted by Gasteiger charge is 2.73. The van der Waals surface area contributed by atoms with Gasteiger partial charge in [-0.3, -0.25) is 0 Å². The summed E-state index contributed by atoms with van der Waals surface area (Å²) in [6.07, 6.45) is -24.2. The van der Waals surface area contributed by atoms with Gasteiger partial charge < -0.3 is 99.9 Å². The smallest absolute Gasteiger partial charge is 0.335 e. The molecule has 0 aromatic heterocycles. The first-order valence-corrected chi connectivity index (χ1v) is 24.6. The second-order valence-corrected chi connectivity index (χ2v) is 23.6. The highest BCUT2D eigenvalue weighted by atomic mass is 16.8. The molecule has 69 heavy (non-hydrogen) atoms. The lowest BCUT2D eigenvalue weighted by molar-refractivity contribution is -0.375. The Morgan fingerprint density at radius 1 is 0.681 bits per heavy atom. The van der Waals surface area contributed by atoms with Gasteiger partial charge in [0.2, 0.25) is 0 Å². The summed E-state index contributed by atoms with van der Waals surface area (Å²) in [5.74, 6) is -2.35. The zero-order valence-corrected chi connectivity index (χ0v) is 40.5. The Hall–Kier alpha value is -1.55. The van der Waals surface area contributed by atoms with Crippen LogP contribution in [0.2, 0.25) is 0 Å². The number of aliphatic hydroxyl groups is 13. The number of hydrogen-bond donors (Lipinski definition) is 14. The maximum atomic E-state index is 12.5. The molecule has 396 valence electrons. The van der Waals surface area contributed by atoms with Crippen LogP contribution in [-0.4, -0.2) is 214 Å². The first kappa shape index (κ1) is 53.7. The minimum atomic E-state index is -2.05. The van der Waals surface area contributed by atoms with Crippen LogP contribution in [0.5, 0.6) is 0 Å². The zero-order chi connectivity index (χ0) is 50.9. The van der Waals surface area contributed by atoms with Crippen LogP contribution in [0.15, 0.2) is 11.6 Å². The number of hydrogen-bond acceptors (Lipinski definition) is 20. The van der Waals surface area contributed by atoms with E-state index in [1.54, 1.807) is 0 Å². The summed E-state index contributed by atoms with van der Waals surface area (Å²) in [6, 6.07) is 0. The van der Waals surface area contributed by atoms with Crippen molar-refractivity contribution in [1.82, 2.24) is 0 Å². The predicted molar refractivity (Wildman–Crippen MR) is 235 cm³/mol. The Morgan fingerprint density at radius 2 is 1.32 bits per heavy atom. The Labute approximate surface area is 401 Å². The molecule has 0 unspecified atom stereocenters. The summed E-state index contributed by atoms with van der Waals surface area (Å²) in [7, 11) is 0. The number of allylic oxidation sites excluding steroid dienone is 2. The molecule has 0 aromatic carbocycles. The number of aliphatic hydroxyl groups excluding tert-OH is 13. The Bertz CT molecular complexity index is 1900. The fraction of sp³-hybridized carbons (Fsp3) is 0.938. The lowest BCUT2D eigenvalue weighted by Crippen LogP contribution is -2.72. The maximum absolute atomic E-state index is 12.5. The number of carboxylic acid groups (broad SMARTS) is 1. The summed E-state index contributed by atoms with van der Waals surface area (Å²) in [4.78, 5) is 12.3. The molecule has 3 heterocycles. The summed E-state index contributed by atoms with van der Waals surface area (Å²) >= 11 is 0. The van der Waals surface area contributed by atoms with Gasteiger partial charge >= 0.3 is 5.97 Å². The van der Waals surface area contributed by atoms with Gasteiger partial charge in [-0.1, -0.05) is 53.2 Å². The van der Waals surface area contributed by atoms with Crippen LogP contribution in [0.4, 0.5) is 0 Å². The van der Waals surface area contributed by atoms with Gasteiger partial charge in [-0.2, -0.15) is 0 Å². The molecule has 3 saturated heterocycles. The van der Waals surface area contributed by atoms with Crippen LogP contribution in [0, 0.1) is 50.2 Å². The molecule has 8 rings (SSSR count). The van der Waals surface area contributed by atoms with Gasteiger partial charge in [0.25, 0.3) is 0 Å². The van der Waals surface area contributed by atoms with E-state index in [0.717, 1.165) is 5.57 Å². The van der Waals surface area contributed by atoms with E-state index in [9.17, 15) is 76.3 Å². The normalized spacial score (nSPS) is 56.2. The third-order valence-electron chi connectivity index (χ3n) is 19.8. The van der Waals surface area contributed by atoms with Gasteiger partial charge in [0.15, 0.2) is 25.0 Å². The predicted octanol–water partition coefficient (Wildman–Crippen LogP) is -2.38. The van der Waals surface area contributed by atoms with Gasteiger partial charge in [-0.05, 0) is 91.3 Å². The number of carbonyl (C=O) groups is 1. The van der Waals surface area contributed by atoms with Crippen LogP contribution in [-0.2, 0) is 33.2 Å². The molecule has 0 aromatic rings. The maximum Gasteiger partial charge on any atom is 0.335 e. The van der Waals surface area contributed by atoms with Gasteiger partial charge in [0.1, 0.15) is 61.0 Å². The molecule has 0 bridgehead atoms. The molecule has 7 fully saturated rings. The largest absolute Gasteiger partial charge is 0.479 e. The Balaban J connectivity index is 1.07. The van der Waals surface area contributed by atoms with Gasteiger partial charge in [0, 0.05) is 5.41 Å². The van der Waals surface area contributed by atoms with Crippen LogP contribution in [0.1, 0.15) is 93.4 Å². The highest BCUT2D eigenvalue weighted by Crippen LogP contribution is 2.76. The van der Waals surface area contributed by atoms with Gasteiger partial charge in [-0.15, -0.1) is 0 Å². The van der Waals surface area contributed by atoms with Crippen molar-refractivity contribution >= 4 is 5.97 Å². The van der Waals surface area contributed by atoms with Gasteiger partial charge in [0.05, 0.1) is 55.8 Å². The minimum absolute atomic E-state index is 0.0222. The first-order valence-electron chi connectivity index (χ1n) is 24.6. The fourth-order valence-corrected chi connectivity index (χ4v) is 15.4. The van der Waals surface area contributed by atoms with Crippen LogP contribution in [0.3, 0.4) is 0 Å². The number of carboxylic acids is 1. The molecule has 0 spiro atoms. The van der Waals surface area contributed by atoms with E-state index < -0.39 is 174 Å².